The lowest BCUT2D eigenvalue weighted by atomic mass is 10.1. The van der Waals surface area contributed by atoms with E-state index in [9.17, 15) is 4.79 Å². The summed E-state index contributed by atoms with van der Waals surface area (Å²) in [6.45, 7) is 11.3. The highest BCUT2D eigenvalue weighted by atomic mass is 32.2. The van der Waals surface area contributed by atoms with Crippen LogP contribution in [-0.2, 0) is 11.3 Å². The molecule has 0 bridgehead atoms. The van der Waals surface area contributed by atoms with Crippen LogP contribution in [0.2, 0.25) is 0 Å². The Labute approximate surface area is 184 Å². The minimum atomic E-state index is -0.382. The Morgan fingerprint density at radius 3 is 2.53 bits per heavy atom. The van der Waals surface area contributed by atoms with Gasteiger partial charge in [-0.2, -0.15) is 0 Å². The molecule has 0 spiro atoms. The number of carbonyl (C=O) groups is 1. The molecule has 1 N–H and O–H groups in total. The van der Waals surface area contributed by atoms with Gasteiger partial charge < -0.3 is 9.88 Å². The van der Waals surface area contributed by atoms with Gasteiger partial charge in [-0.3, -0.25) is 4.79 Å². The number of carbonyl (C=O) groups excluding carboxylic acids is 1. The third-order valence-electron chi connectivity index (χ3n) is 5.37. The maximum Gasteiger partial charge on any atom is 0.242 e. The summed E-state index contributed by atoms with van der Waals surface area (Å²) in [6, 6.07) is 16.1. The lowest BCUT2D eigenvalue weighted by Crippen LogP contribution is -2.20. The highest BCUT2D eigenvalue weighted by Crippen LogP contribution is 2.37. The number of benzene rings is 2. The molecule has 3 rings (SSSR count). The van der Waals surface area contributed by atoms with Gasteiger partial charge in [-0.1, -0.05) is 67.6 Å². The molecule has 0 aliphatic heterocycles. The number of aromatic nitrogens is 2. The Morgan fingerprint density at radius 1 is 1.10 bits per heavy atom. The zero-order valence-corrected chi connectivity index (χ0v) is 19.3. The molecule has 0 aliphatic carbocycles. The molecular formula is C25H31N3OS. The SMILES string of the molecule is CCCCn1c(SC(C(=O)Nc2cc(C)ccc2C)c2ccccc2)nc(C)c1C. The molecular weight excluding hydrogens is 390 g/mol. The molecule has 3 aromatic rings. The predicted molar refractivity (Wildman–Crippen MR) is 126 cm³/mol. The fourth-order valence-electron chi connectivity index (χ4n) is 3.37. The number of nitrogens with one attached hydrogen (secondary N) is 1. The number of thioether (sulfide) groups is 1. The highest BCUT2D eigenvalue weighted by Gasteiger charge is 2.26. The summed E-state index contributed by atoms with van der Waals surface area (Å²) in [7, 11) is 0. The molecule has 0 radical (unpaired) electrons. The molecule has 0 saturated heterocycles. The molecule has 0 fully saturated rings. The molecule has 1 aromatic heterocycles. The van der Waals surface area contributed by atoms with Gasteiger partial charge in [-0.05, 0) is 56.9 Å². The van der Waals surface area contributed by atoms with E-state index < -0.39 is 0 Å². The van der Waals surface area contributed by atoms with Gasteiger partial charge in [-0.15, -0.1) is 0 Å². The van der Waals surface area contributed by atoms with Crippen molar-refractivity contribution in [2.45, 2.75) is 64.4 Å². The maximum atomic E-state index is 13.4. The summed E-state index contributed by atoms with van der Waals surface area (Å²) < 4.78 is 2.25. The Balaban J connectivity index is 1.94. The van der Waals surface area contributed by atoms with Crippen molar-refractivity contribution in [2.75, 3.05) is 5.32 Å². The van der Waals surface area contributed by atoms with E-state index in [0.29, 0.717) is 0 Å². The van der Waals surface area contributed by atoms with Crippen LogP contribution in [0.1, 0.15) is 53.1 Å². The molecule has 4 nitrogen and oxygen atoms in total. The van der Waals surface area contributed by atoms with Crippen LogP contribution in [0.5, 0.6) is 0 Å². The van der Waals surface area contributed by atoms with Gasteiger partial charge in [0.05, 0.1) is 5.69 Å². The highest BCUT2D eigenvalue weighted by molar-refractivity contribution is 8.00. The number of rotatable bonds is 8. The molecule has 5 heteroatoms. The van der Waals surface area contributed by atoms with E-state index >= 15 is 0 Å². The zero-order valence-electron chi connectivity index (χ0n) is 18.5. The first-order valence-electron chi connectivity index (χ1n) is 10.5. The van der Waals surface area contributed by atoms with Gasteiger partial charge in [0.25, 0.3) is 0 Å². The van der Waals surface area contributed by atoms with Gasteiger partial charge in [0, 0.05) is 17.9 Å². The number of hydrogen-bond acceptors (Lipinski definition) is 3. The number of nitrogens with zero attached hydrogens (tertiary/aromatic N) is 2. The maximum absolute atomic E-state index is 13.4. The minimum Gasteiger partial charge on any atom is -0.325 e. The first-order valence-corrected chi connectivity index (χ1v) is 11.4. The Morgan fingerprint density at radius 2 is 1.83 bits per heavy atom. The molecule has 158 valence electrons. The van der Waals surface area contributed by atoms with E-state index in [1.54, 1.807) is 0 Å². The van der Waals surface area contributed by atoms with Gasteiger partial charge >= 0.3 is 0 Å². The quantitative estimate of drug-likeness (QED) is 0.429. The predicted octanol–water partition coefficient (Wildman–Crippen LogP) is 6.39. The number of anilines is 1. The first kappa shape index (κ1) is 22.2. The average molecular weight is 422 g/mol. The minimum absolute atomic E-state index is 0.0275. The Bertz CT molecular complexity index is 1010. The number of hydrogen-bond donors (Lipinski definition) is 1. The molecule has 1 atom stereocenters. The molecule has 1 heterocycles. The fourth-order valence-corrected chi connectivity index (χ4v) is 4.58. The summed E-state index contributed by atoms with van der Waals surface area (Å²) in [5.41, 5.74) is 6.22. The van der Waals surface area contributed by atoms with Crippen molar-refractivity contribution in [3.8, 4) is 0 Å². The van der Waals surface area contributed by atoms with Crippen molar-refractivity contribution in [1.29, 1.82) is 0 Å². The summed E-state index contributed by atoms with van der Waals surface area (Å²) in [5.74, 6) is -0.0275. The monoisotopic (exact) mass is 421 g/mol. The number of unbranched alkanes of at least 4 members (excludes halogenated alkanes) is 1. The van der Waals surface area contributed by atoms with Crippen LogP contribution in [0.3, 0.4) is 0 Å². The average Bonchev–Trinajstić information content (AvgIpc) is 3.00. The van der Waals surface area contributed by atoms with Gasteiger partial charge in [-0.25, -0.2) is 4.98 Å². The van der Waals surface area contributed by atoms with Crippen LogP contribution >= 0.6 is 11.8 Å². The largest absolute Gasteiger partial charge is 0.325 e. The van der Waals surface area contributed by atoms with Crippen molar-refractivity contribution < 1.29 is 4.79 Å². The van der Waals surface area contributed by atoms with Gasteiger partial charge in [0.2, 0.25) is 5.91 Å². The number of aryl methyl sites for hydroxylation is 3. The smallest absolute Gasteiger partial charge is 0.242 e. The van der Waals surface area contributed by atoms with Crippen LogP contribution in [0.4, 0.5) is 5.69 Å². The molecule has 0 aliphatic rings. The van der Waals surface area contributed by atoms with Crippen LogP contribution in [0, 0.1) is 27.7 Å². The van der Waals surface area contributed by atoms with Crippen molar-refractivity contribution >= 4 is 23.4 Å². The number of amides is 1. The van der Waals surface area contributed by atoms with Crippen LogP contribution in [0.25, 0.3) is 0 Å². The standard InChI is InChI=1S/C25H31N3OS/c1-6-7-15-28-20(5)19(4)26-25(28)30-23(21-11-9-8-10-12-21)24(29)27-22-16-17(2)13-14-18(22)3/h8-14,16,23H,6-7,15H2,1-5H3,(H,27,29). The topological polar surface area (TPSA) is 46.9 Å². The van der Waals surface area contributed by atoms with Crippen molar-refractivity contribution in [1.82, 2.24) is 9.55 Å². The van der Waals surface area contributed by atoms with Gasteiger partial charge in [0.15, 0.2) is 5.16 Å². The van der Waals surface area contributed by atoms with E-state index in [0.717, 1.165) is 52.6 Å². The summed E-state index contributed by atoms with van der Waals surface area (Å²) in [5, 5.41) is 3.68. The molecule has 1 amide bonds. The van der Waals surface area contributed by atoms with E-state index in [4.69, 9.17) is 4.98 Å². The second-order valence-corrected chi connectivity index (χ2v) is 8.86. The van der Waals surface area contributed by atoms with E-state index in [1.807, 2.05) is 63.2 Å². The second-order valence-electron chi connectivity index (χ2n) is 7.79. The van der Waals surface area contributed by atoms with E-state index in [1.165, 1.54) is 17.5 Å². The lowest BCUT2D eigenvalue weighted by Gasteiger charge is -2.19. The van der Waals surface area contributed by atoms with Crippen molar-refractivity contribution in [3.63, 3.8) is 0 Å². The van der Waals surface area contributed by atoms with Gasteiger partial charge in [0.1, 0.15) is 5.25 Å². The third-order valence-corrected chi connectivity index (χ3v) is 6.62. The van der Waals surface area contributed by atoms with E-state index in [-0.39, 0.29) is 11.2 Å². The van der Waals surface area contributed by atoms with E-state index in [2.05, 4.69) is 29.8 Å². The Hall–Kier alpha value is -2.53. The molecule has 2 aromatic carbocycles. The van der Waals surface area contributed by atoms with Crippen molar-refractivity contribution in [2.24, 2.45) is 0 Å². The second kappa shape index (κ2) is 9.98. The van der Waals surface area contributed by atoms with Crippen molar-refractivity contribution in [3.05, 3.63) is 76.6 Å². The van der Waals surface area contributed by atoms with Crippen LogP contribution in [-0.4, -0.2) is 15.5 Å². The summed E-state index contributed by atoms with van der Waals surface area (Å²) >= 11 is 1.53. The Kier molecular flexibility index (Phi) is 7.38. The third kappa shape index (κ3) is 5.14. The number of imidazole rings is 1. The lowest BCUT2D eigenvalue weighted by molar-refractivity contribution is -0.115. The molecule has 0 saturated carbocycles. The summed E-state index contributed by atoms with van der Waals surface area (Å²) in [6.07, 6.45) is 2.21. The first-order chi connectivity index (χ1) is 14.4. The van der Waals surface area contributed by atoms with Crippen LogP contribution < -0.4 is 5.32 Å². The normalized spacial score (nSPS) is 12.0. The molecule has 1 unspecified atom stereocenters. The zero-order chi connectivity index (χ0) is 21.7. The summed E-state index contributed by atoms with van der Waals surface area (Å²) in [4.78, 5) is 18.2. The van der Waals surface area contributed by atoms with Crippen LogP contribution in [0.15, 0.2) is 53.7 Å². The molecule has 30 heavy (non-hydrogen) atoms. The fraction of sp³-hybridized carbons (Fsp3) is 0.360.